The number of rotatable bonds is 5. The lowest BCUT2D eigenvalue weighted by molar-refractivity contribution is 0.414. The Bertz CT molecular complexity index is 794. The summed E-state index contributed by atoms with van der Waals surface area (Å²) in [6.45, 7) is 0. The van der Waals surface area contributed by atoms with Crippen molar-refractivity contribution in [1.29, 1.82) is 0 Å². The molecule has 0 unspecified atom stereocenters. The van der Waals surface area contributed by atoms with E-state index in [4.69, 9.17) is 9.15 Å². The van der Waals surface area contributed by atoms with Crippen LogP contribution in [-0.2, 0) is 6.42 Å². The first-order valence-corrected chi connectivity index (χ1v) is 9.92. The summed E-state index contributed by atoms with van der Waals surface area (Å²) < 4.78 is 14.1. The first-order chi connectivity index (χ1) is 11.3. The third-order valence-corrected chi connectivity index (χ3v) is 5.35. The Labute approximate surface area is 163 Å². The quantitative estimate of drug-likeness (QED) is 0.290. The van der Waals surface area contributed by atoms with Gasteiger partial charge in [-0.15, -0.1) is 0 Å². The van der Waals surface area contributed by atoms with Crippen molar-refractivity contribution >= 4 is 45.2 Å². The molecular weight excluding hydrogens is 514 g/mol. The largest absolute Gasteiger partial charge is 0.496 e. The average Bonchev–Trinajstić information content (AvgIpc) is 2.93. The van der Waals surface area contributed by atoms with E-state index in [0.717, 1.165) is 39.2 Å². The van der Waals surface area contributed by atoms with Crippen LogP contribution in [0.3, 0.4) is 0 Å². The van der Waals surface area contributed by atoms with Crippen molar-refractivity contribution in [3.63, 3.8) is 0 Å². The number of ether oxygens (including phenoxy) is 1. The fourth-order valence-electron chi connectivity index (χ4n) is 2.59. The second kappa shape index (κ2) is 7.70. The topological polar surface area (TPSA) is 22.4 Å². The third-order valence-electron chi connectivity index (χ3n) is 3.67. The van der Waals surface area contributed by atoms with Gasteiger partial charge >= 0.3 is 0 Å². The number of benzene rings is 2. The molecule has 3 rings (SSSR count). The zero-order valence-electron chi connectivity index (χ0n) is 12.7. The molecule has 0 N–H and O–H groups in total. The zero-order chi connectivity index (χ0) is 16.2. The van der Waals surface area contributed by atoms with E-state index in [9.17, 15) is 0 Å². The van der Waals surface area contributed by atoms with E-state index >= 15 is 0 Å². The van der Waals surface area contributed by atoms with Crippen LogP contribution in [0.15, 0.2) is 59.0 Å². The Morgan fingerprint density at radius 3 is 2.35 bits per heavy atom. The van der Waals surface area contributed by atoms with E-state index in [2.05, 4.69) is 63.4 Å². The highest BCUT2D eigenvalue weighted by Crippen LogP contribution is 2.41. The Hall–Kier alpha value is -1.02. The second-order valence-electron chi connectivity index (χ2n) is 5.06. The molecule has 0 amide bonds. The smallest absolute Gasteiger partial charge is 0.148 e. The van der Waals surface area contributed by atoms with Gasteiger partial charge in [-0.25, -0.2) is 0 Å². The van der Waals surface area contributed by atoms with Gasteiger partial charge in [0.05, 0.1) is 16.2 Å². The van der Waals surface area contributed by atoms with Crippen LogP contribution in [0.5, 0.6) is 5.75 Å². The first kappa shape index (κ1) is 16.8. The van der Waals surface area contributed by atoms with Crippen molar-refractivity contribution in [3.8, 4) is 28.4 Å². The van der Waals surface area contributed by atoms with Gasteiger partial charge in [0.15, 0.2) is 0 Å². The molecule has 2 aromatic carbocycles. The molecule has 1 aromatic heterocycles. The predicted octanol–water partition coefficient (Wildman–Crippen LogP) is 6.20. The maximum Gasteiger partial charge on any atom is 0.148 e. The normalized spacial score (nSPS) is 10.7. The maximum atomic E-state index is 6.32. The molecule has 3 aromatic rings. The zero-order valence-corrected chi connectivity index (χ0v) is 17.0. The molecule has 118 valence electrons. The standard InChI is InChI=1S/C19H16I2O2/c1-22-16-10-6-5-9-14(16)19-15(11-12-20)17(21)18(23-19)13-7-3-2-4-8-13/h2-10H,11-12H2,1H3. The first-order valence-electron chi connectivity index (χ1n) is 7.32. The molecule has 0 fully saturated rings. The van der Waals surface area contributed by atoms with Gasteiger partial charge in [-0.3, -0.25) is 0 Å². The number of para-hydroxylation sites is 1. The molecule has 1 heterocycles. The minimum absolute atomic E-state index is 0.840. The Kier molecular flexibility index (Phi) is 5.63. The monoisotopic (exact) mass is 530 g/mol. The Balaban J connectivity index is 2.20. The van der Waals surface area contributed by atoms with Gasteiger partial charge in [0, 0.05) is 15.6 Å². The van der Waals surface area contributed by atoms with Crippen LogP contribution >= 0.6 is 45.2 Å². The van der Waals surface area contributed by atoms with E-state index in [0.29, 0.717) is 0 Å². The number of halogens is 2. The lowest BCUT2D eigenvalue weighted by Crippen LogP contribution is -1.92. The fourth-order valence-corrected chi connectivity index (χ4v) is 4.06. The van der Waals surface area contributed by atoms with Crippen molar-refractivity contribution in [1.82, 2.24) is 0 Å². The van der Waals surface area contributed by atoms with Crippen LogP contribution in [0.4, 0.5) is 0 Å². The van der Waals surface area contributed by atoms with Crippen molar-refractivity contribution in [2.24, 2.45) is 0 Å². The summed E-state index contributed by atoms with van der Waals surface area (Å²) in [5, 5.41) is 0. The minimum atomic E-state index is 0.840. The minimum Gasteiger partial charge on any atom is -0.496 e. The average molecular weight is 530 g/mol. The van der Waals surface area contributed by atoms with E-state index in [1.807, 2.05) is 36.4 Å². The summed E-state index contributed by atoms with van der Waals surface area (Å²) in [5.41, 5.74) is 3.37. The van der Waals surface area contributed by atoms with Crippen molar-refractivity contribution in [2.75, 3.05) is 11.5 Å². The summed E-state index contributed by atoms with van der Waals surface area (Å²) in [6.07, 6.45) is 0.975. The molecule has 0 spiro atoms. The highest BCUT2D eigenvalue weighted by molar-refractivity contribution is 14.1. The lowest BCUT2D eigenvalue weighted by atomic mass is 10.1. The van der Waals surface area contributed by atoms with E-state index < -0.39 is 0 Å². The van der Waals surface area contributed by atoms with Crippen molar-refractivity contribution in [2.45, 2.75) is 6.42 Å². The summed E-state index contributed by atoms with van der Waals surface area (Å²) in [6, 6.07) is 18.3. The number of furan rings is 1. The predicted molar refractivity (Wildman–Crippen MR) is 111 cm³/mol. The van der Waals surface area contributed by atoms with Gasteiger partial charge in [0.2, 0.25) is 0 Å². The molecule has 0 aliphatic rings. The number of alkyl halides is 1. The van der Waals surface area contributed by atoms with Crippen molar-refractivity contribution in [3.05, 3.63) is 63.7 Å². The molecular formula is C19H16I2O2. The Morgan fingerprint density at radius 1 is 0.957 bits per heavy atom. The Morgan fingerprint density at radius 2 is 1.65 bits per heavy atom. The van der Waals surface area contributed by atoms with Crippen LogP contribution in [-0.4, -0.2) is 11.5 Å². The summed E-state index contributed by atoms with van der Waals surface area (Å²) in [7, 11) is 1.70. The van der Waals surface area contributed by atoms with Gasteiger partial charge in [-0.2, -0.15) is 0 Å². The van der Waals surface area contributed by atoms with Gasteiger partial charge in [0.25, 0.3) is 0 Å². The maximum absolute atomic E-state index is 6.32. The molecule has 2 nitrogen and oxygen atoms in total. The molecule has 0 radical (unpaired) electrons. The molecule has 0 saturated heterocycles. The third kappa shape index (κ3) is 3.42. The molecule has 0 saturated carbocycles. The van der Waals surface area contributed by atoms with Gasteiger partial charge < -0.3 is 9.15 Å². The van der Waals surface area contributed by atoms with Crippen LogP contribution in [0, 0.1) is 3.57 Å². The van der Waals surface area contributed by atoms with Crippen molar-refractivity contribution < 1.29 is 9.15 Å². The lowest BCUT2D eigenvalue weighted by Gasteiger charge is -2.07. The molecule has 4 heteroatoms. The van der Waals surface area contributed by atoms with Crippen LogP contribution in [0.1, 0.15) is 5.56 Å². The van der Waals surface area contributed by atoms with Crippen LogP contribution in [0.2, 0.25) is 0 Å². The molecule has 0 bridgehead atoms. The van der Waals surface area contributed by atoms with Gasteiger partial charge in [-0.05, 0) is 41.1 Å². The highest BCUT2D eigenvalue weighted by atomic mass is 127. The fraction of sp³-hybridized carbons (Fsp3) is 0.158. The number of hydrogen-bond acceptors (Lipinski definition) is 2. The summed E-state index contributed by atoms with van der Waals surface area (Å²) >= 11 is 4.81. The molecule has 0 aliphatic carbocycles. The molecule has 0 aliphatic heterocycles. The van der Waals surface area contributed by atoms with E-state index in [1.54, 1.807) is 7.11 Å². The summed E-state index contributed by atoms with van der Waals surface area (Å²) in [5.74, 6) is 2.70. The molecule has 0 atom stereocenters. The van der Waals surface area contributed by atoms with Gasteiger partial charge in [0.1, 0.15) is 17.3 Å². The molecule has 23 heavy (non-hydrogen) atoms. The van der Waals surface area contributed by atoms with E-state index in [-0.39, 0.29) is 0 Å². The van der Waals surface area contributed by atoms with Gasteiger partial charge in [-0.1, -0.05) is 65.1 Å². The second-order valence-corrected chi connectivity index (χ2v) is 7.22. The van der Waals surface area contributed by atoms with E-state index in [1.165, 1.54) is 9.13 Å². The SMILES string of the molecule is COc1ccccc1-c1oc(-c2ccccc2)c(I)c1CCI. The number of hydrogen-bond donors (Lipinski definition) is 0. The highest BCUT2D eigenvalue weighted by Gasteiger charge is 2.22. The summed E-state index contributed by atoms with van der Waals surface area (Å²) in [4.78, 5) is 0. The van der Waals surface area contributed by atoms with Crippen LogP contribution < -0.4 is 4.74 Å². The van der Waals surface area contributed by atoms with Crippen LogP contribution in [0.25, 0.3) is 22.6 Å². The number of methoxy groups -OCH3 is 1.